The maximum atomic E-state index is 11.9. The summed E-state index contributed by atoms with van der Waals surface area (Å²) in [6.45, 7) is 0.434. The van der Waals surface area contributed by atoms with E-state index < -0.39 is 23.8 Å². The minimum absolute atomic E-state index is 0.143. The molecule has 1 saturated heterocycles. The van der Waals surface area contributed by atoms with Crippen LogP contribution in [0.15, 0.2) is 0 Å². The van der Waals surface area contributed by atoms with Gasteiger partial charge in [-0.15, -0.1) is 11.8 Å². The highest BCUT2D eigenvalue weighted by molar-refractivity contribution is 8.00. The van der Waals surface area contributed by atoms with Gasteiger partial charge in [-0.05, 0) is 12.8 Å². The molecule has 1 rings (SSSR count). The molecular weight excluding hydrogens is 271 g/mol. The number of hydrogen-bond donors (Lipinski definition) is 1. The van der Waals surface area contributed by atoms with E-state index in [0.29, 0.717) is 31.1 Å². The van der Waals surface area contributed by atoms with Crippen LogP contribution in [0.25, 0.3) is 0 Å². The van der Waals surface area contributed by atoms with Crippen molar-refractivity contribution >= 4 is 23.6 Å². The Balaban J connectivity index is 2.38. The van der Waals surface area contributed by atoms with E-state index in [2.05, 4.69) is 0 Å². The van der Waals surface area contributed by atoms with E-state index in [-0.39, 0.29) is 18.2 Å². The van der Waals surface area contributed by atoms with Gasteiger partial charge in [0, 0.05) is 12.6 Å². The van der Waals surface area contributed by atoms with E-state index in [0.717, 1.165) is 0 Å². The molecule has 4 nitrogen and oxygen atoms in total. The number of carboxylic acid groups (broad SMARTS) is 1. The van der Waals surface area contributed by atoms with Crippen molar-refractivity contribution in [2.75, 3.05) is 18.1 Å². The normalized spacial score (nSPS) is 20.2. The molecule has 1 amide bonds. The second-order valence-corrected chi connectivity index (χ2v) is 5.07. The van der Waals surface area contributed by atoms with Gasteiger partial charge in [0.25, 0.3) is 0 Å². The number of nitrogens with zero attached hydrogens (tertiary/aromatic N) is 1. The molecule has 1 aliphatic rings. The number of amides is 1. The summed E-state index contributed by atoms with van der Waals surface area (Å²) in [5, 5.41) is 8.66. The van der Waals surface area contributed by atoms with Crippen LogP contribution in [0.4, 0.5) is 13.2 Å². The van der Waals surface area contributed by atoms with Gasteiger partial charge in [0.2, 0.25) is 5.91 Å². The van der Waals surface area contributed by atoms with Crippen molar-refractivity contribution in [2.24, 2.45) is 0 Å². The topological polar surface area (TPSA) is 57.6 Å². The van der Waals surface area contributed by atoms with E-state index in [9.17, 15) is 22.8 Å². The molecule has 0 aromatic carbocycles. The lowest BCUT2D eigenvalue weighted by molar-refractivity contribution is -0.139. The predicted molar refractivity (Wildman–Crippen MR) is 60.4 cm³/mol. The molecule has 1 heterocycles. The average molecular weight is 285 g/mol. The number of likely N-dealkylation sites (tertiary alicyclic amines) is 1. The van der Waals surface area contributed by atoms with Crippen LogP contribution in [-0.2, 0) is 9.59 Å². The molecule has 0 aromatic rings. The molecule has 104 valence electrons. The van der Waals surface area contributed by atoms with Crippen molar-refractivity contribution < 1.29 is 27.9 Å². The predicted octanol–water partition coefficient (Wildman–Crippen LogP) is 1.75. The summed E-state index contributed by atoms with van der Waals surface area (Å²) in [5.74, 6) is -2.72. The molecule has 1 aliphatic heterocycles. The number of carboxylic acids is 1. The number of alkyl halides is 3. The SMILES string of the molecule is O=C(O)CC1CCCN1C(=O)CSCC(F)(F)F. The van der Waals surface area contributed by atoms with E-state index in [1.54, 1.807) is 0 Å². The molecule has 18 heavy (non-hydrogen) atoms. The van der Waals surface area contributed by atoms with Gasteiger partial charge >= 0.3 is 12.1 Å². The van der Waals surface area contributed by atoms with Gasteiger partial charge in [-0.25, -0.2) is 0 Å². The Morgan fingerprint density at radius 3 is 2.61 bits per heavy atom. The standard InChI is InChI=1S/C10H14F3NO3S/c11-10(12,13)6-18-5-8(15)14-3-1-2-7(14)4-9(16)17/h7H,1-6H2,(H,16,17). The smallest absolute Gasteiger partial charge is 0.397 e. The van der Waals surface area contributed by atoms with Crippen molar-refractivity contribution in [3.63, 3.8) is 0 Å². The third kappa shape index (κ3) is 5.16. The second kappa shape index (κ2) is 6.31. The van der Waals surface area contributed by atoms with Crippen molar-refractivity contribution in [3.8, 4) is 0 Å². The van der Waals surface area contributed by atoms with Gasteiger partial charge in [0.05, 0.1) is 17.9 Å². The summed E-state index contributed by atoms with van der Waals surface area (Å²) >= 11 is 0.512. The van der Waals surface area contributed by atoms with Crippen molar-refractivity contribution in [1.82, 2.24) is 4.90 Å². The fourth-order valence-electron chi connectivity index (χ4n) is 1.91. The average Bonchev–Trinajstić information content (AvgIpc) is 2.62. The number of thioether (sulfide) groups is 1. The Morgan fingerprint density at radius 2 is 2.06 bits per heavy atom. The molecule has 8 heteroatoms. The van der Waals surface area contributed by atoms with E-state index in [1.165, 1.54) is 4.90 Å². The van der Waals surface area contributed by atoms with Crippen molar-refractivity contribution in [2.45, 2.75) is 31.5 Å². The third-order valence-corrected chi connectivity index (χ3v) is 3.58. The van der Waals surface area contributed by atoms with Crippen molar-refractivity contribution in [3.05, 3.63) is 0 Å². The first kappa shape index (κ1) is 15.1. The van der Waals surface area contributed by atoms with Gasteiger partial charge in [-0.2, -0.15) is 13.2 Å². The zero-order chi connectivity index (χ0) is 13.8. The van der Waals surface area contributed by atoms with Crippen LogP contribution < -0.4 is 0 Å². The van der Waals surface area contributed by atoms with Crippen LogP contribution in [0, 0.1) is 0 Å². The summed E-state index contributed by atoms with van der Waals surface area (Å²) in [6, 6.07) is -0.374. The van der Waals surface area contributed by atoms with Crippen LogP contribution >= 0.6 is 11.8 Å². The quantitative estimate of drug-likeness (QED) is 0.836. The summed E-state index contributed by atoms with van der Waals surface area (Å²) in [7, 11) is 0. The molecule has 0 saturated carbocycles. The lowest BCUT2D eigenvalue weighted by atomic mass is 10.1. The van der Waals surface area contributed by atoms with Crippen LogP contribution in [0.1, 0.15) is 19.3 Å². The molecule has 1 N–H and O–H groups in total. The number of rotatable bonds is 5. The highest BCUT2D eigenvalue weighted by Gasteiger charge is 2.32. The largest absolute Gasteiger partial charge is 0.481 e. The fraction of sp³-hybridized carbons (Fsp3) is 0.800. The summed E-state index contributed by atoms with van der Waals surface area (Å²) in [4.78, 5) is 23.6. The second-order valence-electron chi connectivity index (χ2n) is 4.09. The lowest BCUT2D eigenvalue weighted by Gasteiger charge is -2.23. The molecule has 1 fully saturated rings. The Hall–Kier alpha value is -0.920. The van der Waals surface area contributed by atoms with Crippen molar-refractivity contribution in [1.29, 1.82) is 0 Å². The lowest BCUT2D eigenvalue weighted by Crippen LogP contribution is -2.38. The molecule has 1 unspecified atom stereocenters. The Bertz CT molecular complexity index is 322. The molecule has 0 spiro atoms. The zero-order valence-electron chi connectivity index (χ0n) is 9.57. The first-order valence-corrected chi connectivity index (χ1v) is 6.61. The first-order chi connectivity index (χ1) is 8.29. The minimum Gasteiger partial charge on any atom is -0.481 e. The third-order valence-electron chi connectivity index (χ3n) is 2.60. The van der Waals surface area contributed by atoms with Crippen LogP contribution in [-0.4, -0.2) is 52.2 Å². The highest BCUT2D eigenvalue weighted by atomic mass is 32.2. The number of hydrogen-bond acceptors (Lipinski definition) is 3. The van der Waals surface area contributed by atoms with Gasteiger partial charge < -0.3 is 10.0 Å². The monoisotopic (exact) mass is 285 g/mol. The maximum absolute atomic E-state index is 11.9. The minimum atomic E-state index is -4.28. The Labute approximate surface area is 107 Å². The summed E-state index contributed by atoms with van der Waals surface area (Å²) < 4.78 is 35.7. The van der Waals surface area contributed by atoms with Gasteiger partial charge in [-0.3, -0.25) is 9.59 Å². The van der Waals surface area contributed by atoms with E-state index in [4.69, 9.17) is 5.11 Å². The molecule has 0 bridgehead atoms. The number of aliphatic carboxylic acids is 1. The first-order valence-electron chi connectivity index (χ1n) is 5.45. The van der Waals surface area contributed by atoms with Crippen LogP contribution in [0.2, 0.25) is 0 Å². The molecule has 0 radical (unpaired) electrons. The number of carbonyl (C=O) groups is 2. The van der Waals surface area contributed by atoms with Gasteiger partial charge in [-0.1, -0.05) is 0 Å². The fourth-order valence-corrected chi connectivity index (χ4v) is 2.59. The highest BCUT2D eigenvalue weighted by Crippen LogP contribution is 2.24. The zero-order valence-corrected chi connectivity index (χ0v) is 10.4. The molecular formula is C10H14F3NO3S. The Kier molecular flexibility index (Phi) is 5.30. The maximum Gasteiger partial charge on any atom is 0.397 e. The van der Waals surface area contributed by atoms with Crippen LogP contribution in [0.5, 0.6) is 0 Å². The summed E-state index contributed by atoms with van der Waals surface area (Å²) in [6.07, 6.45) is -3.12. The number of halogens is 3. The van der Waals surface area contributed by atoms with Gasteiger partial charge in [0.1, 0.15) is 0 Å². The molecule has 1 atom stereocenters. The van der Waals surface area contributed by atoms with E-state index >= 15 is 0 Å². The number of carbonyl (C=O) groups excluding carboxylic acids is 1. The summed E-state index contributed by atoms with van der Waals surface area (Å²) in [5.41, 5.74) is 0. The molecule has 0 aliphatic carbocycles. The Morgan fingerprint density at radius 1 is 1.39 bits per heavy atom. The molecule has 0 aromatic heterocycles. The van der Waals surface area contributed by atoms with Gasteiger partial charge in [0.15, 0.2) is 0 Å². The van der Waals surface area contributed by atoms with Crippen LogP contribution in [0.3, 0.4) is 0 Å². The van der Waals surface area contributed by atoms with E-state index in [1.807, 2.05) is 0 Å².